The maximum Gasteiger partial charge on any atom is 0.416 e. The Morgan fingerprint density at radius 2 is 1.69 bits per heavy atom. The number of aromatic nitrogens is 2. The molecule has 0 aliphatic rings. The van der Waals surface area contributed by atoms with Crippen molar-refractivity contribution in [2.24, 2.45) is 0 Å². The Kier molecular flexibility index (Phi) is 4.50. The number of carbonyl (C=O) groups excluding carboxylic acids is 1. The Morgan fingerprint density at radius 3 is 2.27 bits per heavy atom. The zero-order valence-electron chi connectivity index (χ0n) is 13.7. The van der Waals surface area contributed by atoms with E-state index in [-0.39, 0.29) is 23.5 Å². The third kappa shape index (κ3) is 3.30. The molecular formula is C18H14F3N3O2. The smallest absolute Gasteiger partial charge is 0.321 e. The van der Waals surface area contributed by atoms with E-state index in [4.69, 9.17) is 0 Å². The van der Waals surface area contributed by atoms with Gasteiger partial charge < -0.3 is 5.32 Å². The van der Waals surface area contributed by atoms with Crippen molar-refractivity contribution in [1.82, 2.24) is 9.78 Å². The number of nitrogens with zero attached hydrogens (tertiary/aromatic N) is 2. The minimum Gasteiger partial charge on any atom is -0.321 e. The molecule has 8 heteroatoms. The number of carbonyl (C=O) groups is 1. The zero-order chi connectivity index (χ0) is 18.9. The van der Waals surface area contributed by atoms with Gasteiger partial charge in [0.2, 0.25) is 0 Å². The fourth-order valence-corrected chi connectivity index (χ4v) is 2.55. The summed E-state index contributed by atoms with van der Waals surface area (Å²) in [7, 11) is 0. The van der Waals surface area contributed by atoms with E-state index in [9.17, 15) is 22.8 Å². The van der Waals surface area contributed by atoms with Gasteiger partial charge in [0.1, 0.15) is 0 Å². The molecule has 26 heavy (non-hydrogen) atoms. The van der Waals surface area contributed by atoms with Gasteiger partial charge in [-0.2, -0.15) is 18.3 Å². The number of benzene rings is 2. The summed E-state index contributed by atoms with van der Waals surface area (Å²) in [6.07, 6.45) is -4.45. The Labute approximate surface area is 146 Å². The first-order valence-corrected chi connectivity index (χ1v) is 7.79. The lowest BCUT2D eigenvalue weighted by Gasteiger charge is -2.11. The predicted octanol–water partition coefficient (Wildman–Crippen LogP) is 3.69. The SMILES string of the molecule is CCn1nc(C(=O)Nc2ccc(C(F)(F)F)cc2)c2ccccc2c1=O. The first-order chi connectivity index (χ1) is 12.3. The molecule has 134 valence electrons. The molecule has 0 fully saturated rings. The first-order valence-electron chi connectivity index (χ1n) is 7.79. The minimum atomic E-state index is -4.45. The molecule has 1 aromatic heterocycles. The van der Waals surface area contributed by atoms with Crippen molar-refractivity contribution in [1.29, 1.82) is 0 Å². The van der Waals surface area contributed by atoms with E-state index in [1.807, 2.05) is 0 Å². The third-order valence-corrected chi connectivity index (χ3v) is 3.85. The Balaban J connectivity index is 1.98. The van der Waals surface area contributed by atoms with E-state index < -0.39 is 17.6 Å². The van der Waals surface area contributed by atoms with Crippen LogP contribution >= 0.6 is 0 Å². The summed E-state index contributed by atoms with van der Waals surface area (Å²) in [5, 5.41) is 7.33. The standard InChI is InChI=1S/C18H14F3N3O2/c1-2-24-17(26)14-6-4-3-5-13(14)15(23-24)16(25)22-12-9-7-11(8-10-12)18(19,20)21/h3-10H,2H2,1H3,(H,22,25). The number of hydrogen-bond donors (Lipinski definition) is 1. The zero-order valence-corrected chi connectivity index (χ0v) is 13.7. The van der Waals surface area contributed by atoms with E-state index >= 15 is 0 Å². The van der Waals surface area contributed by atoms with Crippen LogP contribution in [0.2, 0.25) is 0 Å². The molecule has 1 amide bonds. The molecule has 0 saturated carbocycles. The average Bonchev–Trinajstić information content (AvgIpc) is 2.62. The van der Waals surface area contributed by atoms with Crippen molar-refractivity contribution in [2.75, 3.05) is 5.32 Å². The van der Waals surface area contributed by atoms with Crippen LogP contribution in [-0.4, -0.2) is 15.7 Å². The summed E-state index contributed by atoms with van der Waals surface area (Å²) in [4.78, 5) is 24.9. The monoisotopic (exact) mass is 361 g/mol. The van der Waals surface area contributed by atoms with Crippen LogP contribution in [0.15, 0.2) is 53.3 Å². The highest BCUT2D eigenvalue weighted by Gasteiger charge is 2.30. The molecule has 2 aromatic carbocycles. The highest BCUT2D eigenvalue weighted by Crippen LogP contribution is 2.29. The number of amides is 1. The molecule has 0 bridgehead atoms. The number of halogens is 3. The fourth-order valence-electron chi connectivity index (χ4n) is 2.55. The van der Waals surface area contributed by atoms with Gasteiger partial charge in [-0.05, 0) is 37.3 Å². The molecule has 1 N–H and O–H groups in total. The van der Waals surface area contributed by atoms with Crippen LogP contribution in [0.25, 0.3) is 10.8 Å². The summed E-state index contributed by atoms with van der Waals surface area (Å²) in [6, 6.07) is 10.7. The van der Waals surface area contributed by atoms with Crippen LogP contribution in [0.3, 0.4) is 0 Å². The van der Waals surface area contributed by atoms with E-state index in [1.54, 1.807) is 31.2 Å². The van der Waals surface area contributed by atoms with E-state index in [2.05, 4.69) is 10.4 Å². The van der Waals surface area contributed by atoms with Crippen molar-refractivity contribution in [3.8, 4) is 0 Å². The molecule has 5 nitrogen and oxygen atoms in total. The summed E-state index contributed by atoms with van der Waals surface area (Å²) >= 11 is 0. The summed E-state index contributed by atoms with van der Waals surface area (Å²) < 4.78 is 39.0. The van der Waals surface area contributed by atoms with Crippen LogP contribution in [0.1, 0.15) is 23.0 Å². The Hall–Kier alpha value is -3.16. The fraction of sp³-hybridized carbons (Fsp3) is 0.167. The lowest BCUT2D eigenvalue weighted by molar-refractivity contribution is -0.137. The van der Waals surface area contributed by atoms with E-state index in [1.165, 1.54) is 16.8 Å². The molecular weight excluding hydrogens is 347 g/mol. The van der Waals surface area contributed by atoms with Crippen LogP contribution in [-0.2, 0) is 12.7 Å². The molecule has 0 spiro atoms. The molecule has 0 radical (unpaired) electrons. The van der Waals surface area contributed by atoms with Crippen LogP contribution in [0.5, 0.6) is 0 Å². The largest absolute Gasteiger partial charge is 0.416 e. The van der Waals surface area contributed by atoms with Crippen LogP contribution in [0.4, 0.5) is 18.9 Å². The van der Waals surface area contributed by atoms with Gasteiger partial charge in [-0.25, -0.2) is 4.68 Å². The van der Waals surface area contributed by atoms with Gasteiger partial charge in [-0.1, -0.05) is 18.2 Å². The average molecular weight is 361 g/mol. The molecule has 0 atom stereocenters. The Morgan fingerprint density at radius 1 is 1.08 bits per heavy atom. The van der Waals surface area contributed by atoms with Gasteiger partial charge in [-0.3, -0.25) is 9.59 Å². The second kappa shape index (κ2) is 6.62. The molecule has 3 rings (SSSR count). The molecule has 0 saturated heterocycles. The number of rotatable bonds is 3. The lowest BCUT2D eigenvalue weighted by Crippen LogP contribution is -2.27. The van der Waals surface area contributed by atoms with Gasteiger partial charge in [-0.15, -0.1) is 0 Å². The van der Waals surface area contributed by atoms with Gasteiger partial charge in [0, 0.05) is 17.6 Å². The van der Waals surface area contributed by atoms with Crippen molar-refractivity contribution < 1.29 is 18.0 Å². The second-order valence-corrected chi connectivity index (χ2v) is 5.54. The Bertz CT molecular complexity index is 1020. The third-order valence-electron chi connectivity index (χ3n) is 3.85. The summed E-state index contributed by atoms with van der Waals surface area (Å²) in [5.41, 5.74) is -0.891. The minimum absolute atomic E-state index is 0.0296. The highest BCUT2D eigenvalue weighted by molar-refractivity contribution is 6.11. The highest BCUT2D eigenvalue weighted by atomic mass is 19.4. The first kappa shape index (κ1) is 17.7. The van der Waals surface area contributed by atoms with E-state index in [0.717, 1.165) is 12.1 Å². The number of anilines is 1. The lowest BCUT2D eigenvalue weighted by atomic mass is 10.1. The number of hydrogen-bond acceptors (Lipinski definition) is 3. The number of aryl methyl sites for hydroxylation is 1. The quantitative estimate of drug-likeness (QED) is 0.774. The maximum atomic E-state index is 12.6. The van der Waals surface area contributed by atoms with Gasteiger partial charge >= 0.3 is 6.18 Å². The van der Waals surface area contributed by atoms with Crippen molar-refractivity contribution >= 4 is 22.4 Å². The molecule has 0 aliphatic carbocycles. The molecule has 3 aromatic rings. The van der Waals surface area contributed by atoms with Crippen molar-refractivity contribution in [2.45, 2.75) is 19.6 Å². The molecule has 0 aliphatic heterocycles. The van der Waals surface area contributed by atoms with Gasteiger partial charge in [0.05, 0.1) is 10.9 Å². The topological polar surface area (TPSA) is 64.0 Å². The molecule has 0 unspecified atom stereocenters. The van der Waals surface area contributed by atoms with Crippen molar-refractivity contribution in [3.05, 3.63) is 70.1 Å². The number of nitrogens with one attached hydrogen (secondary N) is 1. The summed E-state index contributed by atoms with van der Waals surface area (Å²) in [5.74, 6) is -0.608. The normalized spacial score (nSPS) is 11.5. The van der Waals surface area contributed by atoms with Crippen LogP contribution < -0.4 is 10.9 Å². The molecule has 1 heterocycles. The van der Waals surface area contributed by atoms with Crippen LogP contribution in [0, 0.1) is 0 Å². The maximum absolute atomic E-state index is 12.6. The number of fused-ring (bicyclic) bond motifs is 1. The van der Waals surface area contributed by atoms with E-state index in [0.29, 0.717) is 10.8 Å². The van der Waals surface area contributed by atoms with Crippen molar-refractivity contribution in [3.63, 3.8) is 0 Å². The second-order valence-electron chi connectivity index (χ2n) is 5.54. The summed E-state index contributed by atoms with van der Waals surface area (Å²) in [6.45, 7) is 2.00. The van der Waals surface area contributed by atoms with Gasteiger partial charge in [0.25, 0.3) is 11.5 Å². The predicted molar refractivity (Wildman–Crippen MR) is 91.1 cm³/mol. The van der Waals surface area contributed by atoms with Gasteiger partial charge in [0.15, 0.2) is 5.69 Å². The number of alkyl halides is 3.